The first-order valence-electron chi connectivity index (χ1n) is 6.13. The van der Waals surface area contributed by atoms with Gasteiger partial charge < -0.3 is 9.88 Å². The maximum absolute atomic E-state index is 12.3. The number of nitrogens with one attached hydrogen (secondary N) is 1. The number of hydrogen-bond donors (Lipinski definition) is 1. The van der Waals surface area contributed by atoms with Crippen LogP contribution >= 0.6 is 0 Å². The van der Waals surface area contributed by atoms with Gasteiger partial charge in [-0.05, 0) is 24.6 Å². The molecule has 0 aliphatic carbocycles. The predicted molar refractivity (Wildman–Crippen MR) is 74.3 cm³/mol. The second kappa shape index (κ2) is 5.52. The van der Waals surface area contributed by atoms with Crippen LogP contribution in [0.5, 0.6) is 0 Å². The number of pyridine rings is 1. The average molecular weight is 256 g/mol. The summed E-state index contributed by atoms with van der Waals surface area (Å²) in [6.45, 7) is 1.93. The van der Waals surface area contributed by atoms with Gasteiger partial charge in [0.15, 0.2) is 0 Å². The van der Waals surface area contributed by atoms with Gasteiger partial charge in [0.25, 0.3) is 11.5 Å². The summed E-state index contributed by atoms with van der Waals surface area (Å²) in [6, 6.07) is 12.9. The molecule has 1 atom stereocenters. The first-order chi connectivity index (χ1) is 9.15. The number of rotatable bonds is 3. The molecule has 0 aliphatic rings. The largest absolute Gasteiger partial charge is 0.355 e. The summed E-state index contributed by atoms with van der Waals surface area (Å²) in [5.74, 6) is -0.361. The molecule has 1 amide bonds. The van der Waals surface area contributed by atoms with Crippen molar-refractivity contribution < 1.29 is 4.79 Å². The summed E-state index contributed by atoms with van der Waals surface area (Å²) in [5.41, 5.74) is 0.907. The van der Waals surface area contributed by atoms with Crippen molar-refractivity contribution in [3.8, 4) is 0 Å². The van der Waals surface area contributed by atoms with Crippen molar-refractivity contribution in [3.05, 3.63) is 70.1 Å². The molecule has 0 aliphatic heterocycles. The van der Waals surface area contributed by atoms with Crippen LogP contribution in [-0.2, 0) is 0 Å². The van der Waals surface area contributed by atoms with Crippen LogP contribution in [0.1, 0.15) is 28.9 Å². The van der Waals surface area contributed by atoms with Gasteiger partial charge in [0.2, 0.25) is 0 Å². The lowest BCUT2D eigenvalue weighted by atomic mass is 10.1. The summed E-state index contributed by atoms with van der Waals surface area (Å²) < 4.78 is 1.57. The Balaban J connectivity index is 2.47. The van der Waals surface area contributed by atoms with Gasteiger partial charge in [0, 0.05) is 13.2 Å². The number of nitrogens with zero attached hydrogens (tertiary/aromatic N) is 1. The van der Waals surface area contributed by atoms with E-state index in [2.05, 4.69) is 5.32 Å². The van der Waals surface area contributed by atoms with Crippen LogP contribution in [0.15, 0.2) is 53.5 Å². The molecule has 0 fully saturated rings. The number of hydrogen-bond acceptors (Lipinski definition) is 2. The Bertz CT molecular complexity index is 632. The highest BCUT2D eigenvalue weighted by Gasteiger charge is 2.14. The van der Waals surface area contributed by atoms with Crippen LogP contribution < -0.4 is 10.9 Å². The van der Waals surface area contributed by atoms with E-state index in [0.717, 1.165) is 5.56 Å². The zero-order valence-corrected chi connectivity index (χ0v) is 11.0. The van der Waals surface area contributed by atoms with Crippen molar-refractivity contribution >= 4 is 5.91 Å². The predicted octanol–water partition coefficient (Wildman–Crippen LogP) is 1.82. The molecule has 0 saturated carbocycles. The maximum Gasteiger partial charge on any atom is 0.263 e. The molecule has 98 valence electrons. The first kappa shape index (κ1) is 13.1. The van der Waals surface area contributed by atoms with Gasteiger partial charge in [-0.2, -0.15) is 0 Å². The van der Waals surface area contributed by atoms with Gasteiger partial charge in [0.05, 0.1) is 6.04 Å². The number of amides is 1. The molecule has 0 radical (unpaired) electrons. The van der Waals surface area contributed by atoms with Gasteiger partial charge in [-0.15, -0.1) is 0 Å². The summed E-state index contributed by atoms with van der Waals surface area (Å²) >= 11 is 0. The Morgan fingerprint density at radius 2 is 1.84 bits per heavy atom. The van der Waals surface area contributed by atoms with Crippen molar-refractivity contribution in [2.24, 2.45) is 0 Å². The van der Waals surface area contributed by atoms with Crippen LogP contribution in [0.3, 0.4) is 0 Å². The highest BCUT2D eigenvalue weighted by atomic mass is 16.2. The summed E-state index contributed by atoms with van der Waals surface area (Å²) in [6.07, 6.45) is 1.70. The lowest BCUT2D eigenvalue weighted by Crippen LogP contribution is -2.32. The fraction of sp³-hybridized carbons (Fsp3) is 0.200. The molecule has 1 aromatic heterocycles. The number of aromatic nitrogens is 1. The van der Waals surface area contributed by atoms with E-state index in [-0.39, 0.29) is 23.1 Å². The van der Waals surface area contributed by atoms with E-state index < -0.39 is 0 Å². The molecule has 0 bridgehead atoms. The van der Waals surface area contributed by atoms with Gasteiger partial charge in [-0.1, -0.05) is 30.3 Å². The van der Waals surface area contributed by atoms with Crippen molar-refractivity contribution in [1.82, 2.24) is 9.88 Å². The Morgan fingerprint density at radius 3 is 2.47 bits per heavy atom. The molecular weight excluding hydrogens is 240 g/mol. The minimum atomic E-state index is -0.361. The lowest BCUT2D eigenvalue weighted by Gasteiger charge is -2.16. The quantitative estimate of drug-likeness (QED) is 0.910. The first-order valence-corrected chi connectivity index (χ1v) is 6.13. The van der Waals surface area contributed by atoms with E-state index in [9.17, 15) is 9.59 Å². The number of benzene rings is 1. The molecule has 2 rings (SSSR count). The summed E-state index contributed by atoms with van der Waals surface area (Å²) in [7, 11) is 1.51. The Kier molecular flexibility index (Phi) is 3.80. The minimum absolute atomic E-state index is 0.113. The van der Waals surface area contributed by atoms with Crippen molar-refractivity contribution in [2.75, 3.05) is 7.05 Å². The zero-order chi connectivity index (χ0) is 13.8. The molecule has 1 aromatic carbocycles. The maximum atomic E-state index is 12.3. The van der Waals surface area contributed by atoms with E-state index in [0.29, 0.717) is 0 Å². The van der Waals surface area contributed by atoms with Crippen LogP contribution in [0, 0.1) is 0 Å². The van der Waals surface area contributed by atoms with Gasteiger partial charge in [0.1, 0.15) is 5.56 Å². The highest BCUT2D eigenvalue weighted by Crippen LogP contribution is 2.15. The van der Waals surface area contributed by atoms with Crippen molar-refractivity contribution in [3.63, 3.8) is 0 Å². The molecule has 0 unspecified atom stereocenters. The van der Waals surface area contributed by atoms with Gasteiger partial charge in [-0.25, -0.2) is 0 Å². The van der Waals surface area contributed by atoms with Crippen molar-refractivity contribution in [1.29, 1.82) is 0 Å². The number of carbonyl (C=O) groups is 1. The fourth-order valence-electron chi connectivity index (χ4n) is 2.01. The second-order valence-corrected chi connectivity index (χ2v) is 4.30. The van der Waals surface area contributed by atoms with Crippen LogP contribution in [0.2, 0.25) is 0 Å². The van der Waals surface area contributed by atoms with E-state index in [1.165, 1.54) is 13.1 Å². The molecule has 1 N–H and O–H groups in total. The topological polar surface area (TPSA) is 51.1 Å². The molecule has 0 saturated heterocycles. The SMILES string of the molecule is CNC(=O)c1cccn([C@H](C)c2ccccc2)c1=O. The smallest absolute Gasteiger partial charge is 0.263 e. The average Bonchev–Trinajstić information content (AvgIpc) is 2.47. The summed E-state index contributed by atoms with van der Waals surface area (Å²) in [5, 5.41) is 2.48. The van der Waals surface area contributed by atoms with Crippen molar-refractivity contribution in [2.45, 2.75) is 13.0 Å². The molecule has 19 heavy (non-hydrogen) atoms. The van der Waals surface area contributed by atoms with Gasteiger partial charge in [-0.3, -0.25) is 9.59 Å². The third kappa shape index (κ3) is 2.57. The van der Waals surface area contributed by atoms with Gasteiger partial charge >= 0.3 is 0 Å². The second-order valence-electron chi connectivity index (χ2n) is 4.30. The third-order valence-electron chi connectivity index (χ3n) is 3.15. The fourth-order valence-corrected chi connectivity index (χ4v) is 2.01. The van der Waals surface area contributed by atoms with E-state index in [1.54, 1.807) is 16.8 Å². The summed E-state index contributed by atoms with van der Waals surface area (Å²) in [4.78, 5) is 23.9. The Hall–Kier alpha value is -2.36. The van der Waals surface area contributed by atoms with Crippen LogP contribution in [0.25, 0.3) is 0 Å². The van der Waals surface area contributed by atoms with Crippen LogP contribution in [-0.4, -0.2) is 17.5 Å². The van der Waals surface area contributed by atoms with E-state index in [4.69, 9.17) is 0 Å². The minimum Gasteiger partial charge on any atom is -0.355 e. The third-order valence-corrected chi connectivity index (χ3v) is 3.15. The molecule has 0 spiro atoms. The van der Waals surface area contributed by atoms with E-state index >= 15 is 0 Å². The molecule has 4 nitrogen and oxygen atoms in total. The standard InChI is InChI=1S/C15H16N2O2/c1-11(12-7-4-3-5-8-12)17-10-6-9-13(15(17)19)14(18)16-2/h3-11H,1-2H3,(H,16,18)/t11-/m1/s1. The zero-order valence-electron chi connectivity index (χ0n) is 11.0. The molecule has 1 heterocycles. The number of carbonyl (C=O) groups excluding carboxylic acids is 1. The van der Waals surface area contributed by atoms with Crippen LogP contribution in [0.4, 0.5) is 0 Å². The van der Waals surface area contributed by atoms with E-state index in [1.807, 2.05) is 37.3 Å². The molecule has 4 heteroatoms. The molecule has 2 aromatic rings. The lowest BCUT2D eigenvalue weighted by molar-refractivity contribution is 0.0961. The Labute approximate surface area is 111 Å². The highest BCUT2D eigenvalue weighted by molar-refractivity contribution is 5.93. The normalized spacial score (nSPS) is 11.9. The molecular formula is C15H16N2O2. The Morgan fingerprint density at radius 1 is 1.16 bits per heavy atom. The monoisotopic (exact) mass is 256 g/mol.